The zero-order valence-electron chi connectivity index (χ0n) is 7.04. The molecule has 0 saturated carbocycles. The van der Waals surface area contributed by atoms with E-state index in [-0.39, 0.29) is 0 Å². The molecule has 0 saturated heterocycles. The minimum atomic E-state index is -1.26. The molecule has 2 aromatic heterocycles. The Labute approximate surface area is 81.6 Å². The van der Waals surface area contributed by atoms with Crippen molar-refractivity contribution in [2.24, 2.45) is 4.40 Å². The molecule has 0 fully saturated rings. The third-order valence-electron chi connectivity index (χ3n) is 2.00. The quantitative estimate of drug-likeness (QED) is 0.589. The topological polar surface area (TPSA) is 55.2 Å². The summed E-state index contributed by atoms with van der Waals surface area (Å²) >= 11 is 0. The molecule has 3 heterocycles. The van der Waals surface area contributed by atoms with E-state index in [4.69, 9.17) is 0 Å². The number of aromatic nitrogens is 2. The van der Waals surface area contributed by atoms with Gasteiger partial charge in [0.1, 0.15) is 10.7 Å². The lowest BCUT2D eigenvalue weighted by Crippen LogP contribution is -2.25. The van der Waals surface area contributed by atoms with Crippen LogP contribution in [0.1, 0.15) is 0 Å². The highest BCUT2D eigenvalue weighted by molar-refractivity contribution is 7.91. The van der Waals surface area contributed by atoms with Gasteiger partial charge in [0.15, 0.2) is 16.6 Å². The van der Waals surface area contributed by atoms with Gasteiger partial charge in [0.2, 0.25) is 0 Å². The largest absolute Gasteiger partial charge is 0.237 e. The molecule has 5 heteroatoms. The molecule has 0 aromatic carbocycles. The Kier molecular flexibility index (Phi) is 1.49. The zero-order chi connectivity index (χ0) is 9.54. The fourth-order valence-corrected chi connectivity index (χ4v) is 2.14. The van der Waals surface area contributed by atoms with Crippen molar-refractivity contribution in [3.63, 3.8) is 0 Å². The van der Waals surface area contributed by atoms with Crippen LogP contribution in [0.3, 0.4) is 0 Å². The van der Waals surface area contributed by atoms with Crippen LogP contribution in [0, 0.1) is 0 Å². The molecule has 0 aliphatic carbocycles. The second-order valence-electron chi connectivity index (χ2n) is 2.93. The van der Waals surface area contributed by atoms with Gasteiger partial charge in [0, 0.05) is 11.6 Å². The van der Waals surface area contributed by atoms with Gasteiger partial charge in [-0.25, -0.2) is 14.2 Å². The fourth-order valence-electron chi connectivity index (χ4n) is 1.39. The van der Waals surface area contributed by atoms with Gasteiger partial charge >= 0.3 is 0 Å². The van der Waals surface area contributed by atoms with Gasteiger partial charge in [-0.1, -0.05) is 0 Å². The summed E-state index contributed by atoms with van der Waals surface area (Å²) in [5.41, 5.74) is 0.664. The molecule has 14 heavy (non-hydrogen) atoms. The molecule has 0 radical (unpaired) electrons. The minimum Gasteiger partial charge on any atom is -0.237 e. The van der Waals surface area contributed by atoms with Crippen molar-refractivity contribution in [3.05, 3.63) is 35.1 Å². The van der Waals surface area contributed by atoms with E-state index >= 15 is 0 Å². The number of pyridine rings is 2. The first-order chi connectivity index (χ1) is 6.83. The summed E-state index contributed by atoms with van der Waals surface area (Å²) in [6.07, 6.45) is 1.69. The Bertz CT molecular complexity index is 609. The van der Waals surface area contributed by atoms with E-state index in [1.807, 2.05) is 18.2 Å². The summed E-state index contributed by atoms with van der Waals surface area (Å²) in [5.74, 6) is 0. The van der Waals surface area contributed by atoms with Gasteiger partial charge in [0.25, 0.3) is 0 Å². The van der Waals surface area contributed by atoms with E-state index in [2.05, 4.69) is 14.4 Å². The second kappa shape index (κ2) is 2.68. The Morgan fingerprint density at radius 3 is 3.21 bits per heavy atom. The van der Waals surface area contributed by atoms with E-state index in [1.54, 1.807) is 6.20 Å². The number of fused-ring (bicyclic) bond motifs is 2. The molecule has 1 atom stereocenters. The molecular weight excluding hydrogens is 198 g/mol. The zero-order valence-corrected chi connectivity index (χ0v) is 7.86. The lowest BCUT2D eigenvalue weighted by molar-refractivity contribution is 0.690. The van der Waals surface area contributed by atoms with Crippen molar-refractivity contribution in [1.82, 2.24) is 9.97 Å². The Hall–Kier alpha value is -1.62. The van der Waals surface area contributed by atoms with Gasteiger partial charge in [-0.05, 0) is 18.2 Å². The Morgan fingerprint density at radius 2 is 2.29 bits per heavy atom. The summed E-state index contributed by atoms with van der Waals surface area (Å²) in [5, 5.41) is 3.80. The summed E-state index contributed by atoms with van der Waals surface area (Å²) in [6, 6.07) is 5.60. The molecule has 4 nitrogen and oxygen atoms in total. The van der Waals surface area contributed by atoms with Crippen molar-refractivity contribution in [1.29, 1.82) is 0 Å². The van der Waals surface area contributed by atoms with E-state index < -0.39 is 11.0 Å². The monoisotopic (exact) mass is 203 g/mol. The molecule has 0 spiro atoms. The molecule has 0 N–H and O–H groups in total. The van der Waals surface area contributed by atoms with Gasteiger partial charge in [-0.2, -0.15) is 4.40 Å². The normalized spacial score (nSPS) is 18.7. The van der Waals surface area contributed by atoms with Crippen molar-refractivity contribution in [2.45, 2.75) is 0 Å². The first-order valence-electron chi connectivity index (χ1n) is 4.06. The highest BCUT2D eigenvalue weighted by Gasteiger charge is 2.04. The van der Waals surface area contributed by atoms with Gasteiger partial charge in [-0.3, -0.25) is 0 Å². The molecule has 1 aliphatic heterocycles. The molecule has 0 amide bonds. The predicted octanol–water partition coefficient (Wildman–Crippen LogP) is -0.335. The first-order valence-corrected chi connectivity index (χ1v) is 5.23. The maximum absolute atomic E-state index is 11.1. The Balaban J connectivity index is 2.56. The molecule has 1 unspecified atom stereocenters. The molecular formula is C9H5N3OS. The van der Waals surface area contributed by atoms with Crippen LogP contribution in [-0.4, -0.2) is 14.2 Å². The average molecular weight is 203 g/mol. The lowest BCUT2D eigenvalue weighted by Gasteiger charge is -1.92. The number of rotatable bonds is 0. The second-order valence-corrected chi connectivity index (χ2v) is 3.90. The van der Waals surface area contributed by atoms with Crippen LogP contribution in [0.25, 0.3) is 16.4 Å². The highest BCUT2D eigenvalue weighted by Crippen LogP contribution is 2.02. The molecule has 68 valence electrons. The van der Waals surface area contributed by atoms with Crippen LogP contribution in [0.2, 0.25) is 0 Å². The van der Waals surface area contributed by atoms with Crippen molar-refractivity contribution in [2.75, 3.05) is 0 Å². The van der Waals surface area contributed by atoms with Crippen LogP contribution in [0.4, 0.5) is 0 Å². The number of hydrogen-bond acceptors (Lipinski definition) is 3. The number of nitrogens with zero attached hydrogens (tertiary/aromatic N) is 3. The molecule has 3 rings (SSSR count). The summed E-state index contributed by atoms with van der Waals surface area (Å²) < 4.78 is 15.0. The summed E-state index contributed by atoms with van der Waals surface area (Å²) in [6.45, 7) is 0. The molecule has 1 aliphatic rings. The average Bonchev–Trinajstić information content (AvgIpc) is 2.53. The van der Waals surface area contributed by atoms with Crippen LogP contribution < -0.4 is 10.7 Å². The summed E-state index contributed by atoms with van der Waals surface area (Å²) in [4.78, 5) is 8.36. The maximum atomic E-state index is 11.1. The van der Waals surface area contributed by atoms with Crippen molar-refractivity contribution >= 4 is 27.4 Å². The highest BCUT2D eigenvalue weighted by atomic mass is 32.2. The third kappa shape index (κ3) is 1.06. The Morgan fingerprint density at radius 1 is 1.36 bits per heavy atom. The van der Waals surface area contributed by atoms with Crippen LogP contribution in [0.5, 0.6) is 0 Å². The lowest BCUT2D eigenvalue weighted by atomic mass is 10.3. The van der Waals surface area contributed by atoms with Crippen LogP contribution >= 0.6 is 0 Å². The van der Waals surface area contributed by atoms with Crippen molar-refractivity contribution in [3.8, 4) is 0 Å². The van der Waals surface area contributed by atoms with Crippen LogP contribution in [0.15, 0.2) is 28.8 Å². The molecule has 2 aromatic rings. The minimum absolute atomic E-state index is 0.662. The van der Waals surface area contributed by atoms with E-state index in [1.165, 1.54) is 5.41 Å². The SMILES string of the molecule is O=S1C=c2nc3ncccc3cc2=N1. The smallest absolute Gasteiger partial charge is 0.167 e. The third-order valence-corrected chi connectivity index (χ3v) is 2.80. The maximum Gasteiger partial charge on any atom is 0.167 e. The standard InChI is InChI=1S/C9H5N3OS/c13-14-5-8-7(12-14)4-6-2-1-3-10-9(6)11-8/h1-5H. The van der Waals surface area contributed by atoms with Crippen LogP contribution in [-0.2, 0) is 11.0 Å². The van der Waals surface area contributed by atoms with E-state index in [9.17, 15) is 4.21 Å². The van der Waals surface area contributed by atoms with Gasteiger partial charge < -0.3 is 0 Å². The van der Waals surface area contributed by atoms with Gasteiger partial charge in [0.05, 0.1) is 5.41 Å². The summed E-state index contributed by atoms with van der Waals surface area (Å²) in [7, 11) is -1.26. The number of hydrogen-bond donors (Lipinski definition) is 0. The first kappa shape index (κ1) is 7.75. The predicted molar refractivity (Wildman–Crippen MR) is 52.9 cm³/mol. The fraction of sp³-hybridized carbons (Fsp3) is 0. The van der Waals surface area contributed by atoms with E-state index in [0.717, 1.165) is 5.39 Å². The van der Waals surface area contributed by atoms with Gasteiger partial charge in [-0.15, -0.1) is 0 Å². The van der Waals surface area contributed by atoms with E-state index in [0.29, 0.717) is 16.4 Å². The van der Waals surface area contributed by atoms with Crippen molar-refractivity contribution < 1.29 is 4.21 Å². The molecule has 0 bridgehead atoms.